The molecule has 0 aliphatic carbocycles. The van der Waals surface area contributed by atoms with Gasteiger partial charge in [-0.05, 0) is 62.2 Å². The van der Waals surface area contributed by atoms with Crippen molar-refractivity contribution in [1.82, 2.24) is 10.2 Å². The van der Waals surface area contributed by atoms with Crippen LogP contribution in [0.5, 0.6) is 17.2 Å². The summed E-state index contributed by atoms with van der Waals surface area (Å²) < 4.78 is 16.0. The van der Waals surface area contributed by atoms with Crippen LogP contribution >= 0.6 is 0 Å². The van der Waals surface area contributed by atoms with E-state index in [0.29, 0.717) is 11.5 Å². The van der Waals surface area contributed by atoms with E-state index >= 15 is 0 Å². The first-order valence-electron chi connectivity index (χ1n) is 10.4. The second kappa shape index (κ2) is 11.8. The molecule has 0 saturated heterocycles. The summed E-state index contributed by atoms with van der Waals surface area (Å²) in [6.45, 7) is 5.77. The lowest BCUT2D eigenvalue weighted by Gasteiger charge is -2.29. The van der Waals surface area contributed by atoms with Gasteiger partial charge in [-0.25, -0.2) is 0 Å². The lowest BCUT2D eigenvalue weighted by molar-refractivity contribution is -0.142. The Bertz CT molecular complexity index is 836. The number of nitrogens with zero attached hydrogens (tertiary/aromatic N) is 1. The van der Waals surface area contributed by atoms with Gasteiger partial charge in [0.25, 0.3) is 5.91 Å². The predicted molar refractivity (Wildman–Crippen MR) is 119 cm³/mol. The maximum Gasteiger partial charge on any atom is 0.261 e. The van der Waals surface area contributed by atoms with Gasteiger partial charge in [-0.2, -0.15) is 0 Å². The summed E-state index contributed by atoms with van der Waals surface area (Å²) in [5, 5.41) is 2.95. The average molecular weight is 429 g/mol. The second-order valence-corrected chi connectivity index (χ2v) is 7.33. The first-order valence-corrected chi connectivity index (χ1v) is 10.4. The second-order valence-electron chi connectivity index (χ2n) is 7.33. The molecule has 0 heterocycles. The van der Waals surface area contributed by atoms with Gasteiger partial charge in [-0.15, -0.1) is 0 Å². The highest BCUT2D eigenvalue weighted by Gasteiger charge is 2.27. The summed E-state index contributed by atoms with van der Waals surface area (Å²) in [5.41, 5.74) is 0.891. The van der Waals surface area contributed by atoms with Crippen molar-refractivity contribution >= 4 is 11.8 Å². The summed E-state index contributed by atoms with van der Waals surface area (Å²) in [7, 11) is 3.19. The average Bonchev–Trinajstić information content (AvgIpc) is 2.81. The maximum absolute atomic E-state index is 13.0. The number of rotatable bonds is 11. The van der Waals surface area contributed by atoms with Crippen molar-refractivity contribution in [3.63, 3.8) is 0 Å². The van der Waals surface area contributed by atoms with E-state index in [4.69, 9.17) is 14.2 Å². The van der Waals surface area contributed by atoms with Gasteiger partial charge < -0.3 is 24.4 Å². The van der Waals surface area contributed by atoms with Crippen LogP contribution in [-0.2, 0) is 16.1 Å². The summed E-state index contributed by atoms with van der Waals surface area (Å²) in [4.78, 5) is 27.3. The van der Waals surface area contributed by atoms with Crippen molar-refractivity contribution in [1.29, 1.82) is 0 Å². The molecule has 0 radical (unpaired) electrons. The number of ether oxygens (including phenoxy) is 3. The molecule has 0 spiro atoms. The molecule has 0 fully saturated rings. The number of methoxy groups -OCH3 is 2. The Balaban J connectivity index is 2.13. The van der Waals surface area contributed by atoms with Crippen LogP contribution in [-0.4, -0.2) is 49.6 Å². The van der Waals surface area contributed by atoms with E-state index in [0.717, 1.165) is 17.7 Å². The Labute approximate surface area is 184 Å². The zero-order chi connectivity index (χ0) is 22.8. The third-order valence-electron chi connectivity index (χ3n) is 5.10. The van der Waals surface area contributed by atoms with Crippen molar-refractivity contribution in [3.05, 3.63) is 54.1 Å². The summed E-state index contributed by atoms with van der Waals surface area (Å²) in [6, 6.07) is 13.8. The fourth-order valence-corrected chi connectivity index (χ4v) is 2.88. The van der Waals surface area contributed by atoms with Crippen molar-refractivity contribution in [2.75, 3.05) is 20.8 Å². The fourth-order valence-electron chi connectivity index (χ4n) is 2.88. The van der Waals surface area contributed by atoms with E-state index in [1.54, 1.807) is 45.4 Å². The quantitative estimate of drug-likeness (QED) is 0.594. The standard InChI is InChI=1S/C24H32N2O5/c1-6-17(2)25-24(28)18(3)26(15-19-7-9-20(29-4)10-8-19)23(27)16-31-22-13-11-21(30-5)12-14-22/h7-14,17-18H,6,15-16H2,1-5H3,(H,25,28)/t17-,18-/m0/s1. The summed E-state index contributed by atoms with van der Waals surface area (Å²) >= 11 is 0. The van der Waals surface area contributed by atoms with Crippen LogP contribution in [0, 0.1) is 0 Å². The van der Waals surface area contributed by atoms with Gasteiger partial charge >= 0.3 is 0 Å². The highest BCUT2D eigenvalue weighted by molar-refractivity contribution is 5.88. The maximum atomic E-state index is 13.0. The van der Waals surface area contributed by atoms with Gasteiger partial charge in [-0.1, -0.05) is 19.1 Å². The number of hydrogen-bond acceptors (Lipinski definition) is 5. The minimum Gasteiger partial charge on any atom is -0.497 e. The van der Waals surface area contributed by atoms with Gasteiger partial charge in [0.2, 0.25) is 5.91 Å². The SMILES string of the molecule is CC[C@H](C)NC(=O)[C@H](C)N(Cc1ccc(OC)cc1)C(=O)COc1ccc(OC)cc1. The van der Waals surface area contributed by atoms with Crippen molar-refractivity contribution in [3.8, 4) is 17.2 Å². The Morgan fingerprint density at radius 2 is 1.42 bits per heavy atom. The number of nitrogens with one attached hydrogen (secondary N) is 1. The topological polar surface area (TPSA) is 77.1 Å². The lowest BCUT2D eigenvalue weighted by atomic mass is 10.1. The first-order chi connectivity index (χ1) is 14.9. The molecule has 7 heteroatoms. The van der Waals surface area contributed by atoms with Gasteiger partial charge in [0.1, 0.15) is 23.3 Å². The molecule has 0 aliphatic heterocycles. The van der Waals surface area contributed by atoms with Crippen LogP contribution in [0.25, 0.3) is 0 Å². The molecule has 31 heavy (non-hydrogen) atoms. The van der Waals surface area contributed by atoms with Crippen molar-refractivity contribution in [2.24, 2.45) is 0 Å². The van der Waals surface area contributed by atoms with Crippen LogP contribution in [0.3, 0.4) is 0 Å². The molecule has 2 amide bonds. The molecule has 1 N–H and O–H groups in total. The number of carbonyl (C=O) groups excluding carboxylic acids is 2. The monoisotopic (exact) mass is 428 g/mol. The highest BCUT2D eigenvalue weighted by atomic mass is 16.5. The Morgan fingerprint density at radius 1 is 0.903 bits per heavy atom. The van der Waals surface area contributed by atoms with Crippen LogP contribution in [0.15, 0.2) is 48.5 Å². The van der Waals surface area contributed by atoms with Gasteiger partial charge in [-0.3, -0.25) is 9.59 Å². The third kappa shape index (κ3) is 7.20. The van der Waals surface area contributed by atoms with Crippen LogP contribution in [0.2, 0.25) is 0 Å². The van der Waals surface area contributed by atoms with Gasteiger partial charge in [0.05, 0.1) is 14.2 Å². The molecule has 0 saturated carbocycles. The largest absolute Gasteiger partial charge is 0.497 e. The van der Waals surface area contributed by atoms with Gasteiger partial charge in [0, 0.05) is 12.6 Å². The van der Waals surface area contributed by atoms with Crippen molar-refractivity contribution in [2.45, 2.75) is 45.8 Å². The fraction of sp³-hybridized carbons (Fsp3) is 0.417. The molecular formula is C24H32N2O5. The van der Waals surface area contributed by atoms with E-state index in [-0.39, 0.29) is 31.0 Å². The van der Waals surface area contributed by atoms with Gasteiger partial charge in [0.15, 0.2) is 6.61 Å². The van der Waals surface area contributed by atoms with E-state index in [1.807, 2.05) is 38.1 Å². The molecule has 2 aromatic carbocycles. The number of carbonyl (C=O) groups is 2. The first kappa shape index (κ1) is 24.1. The molecule has 0 aliphatic rings. The molecule has 7 nitrogen and oxygen atoms in total. The van der Waals surface area contributed by atoms with Crippen molar-refractivity contribution < 1.29 is 23.8 Å². The smallest absolute Gasteiger partial charge is 0.261 e. The van der Waals surface area contributed by atoms with E-state index in [2.05, 4.69) is 5.32 Å². The Kier molecular flexibility index (Phi) is 9.18. The Morgan fingerprint density at radius 3 is 1.94 bits per heavy atom. The molecule has 0 unspecified atom stereocenters. The highest BCUT2D eigenvalue weighted by Crippen LogP contribution is 2.18. The molecular weight excluding hydrogens is 396 g/mol. The molecule has 2 aromatic rings. The minimum atomic E-state index is -0.650. The molecule has 168 valence electrons. The van der Waals surface area contributed by atoms with Crippen LogP contribution in [0.1, 0.15) is 32.8 Å². The van der Waals surface area contributed by atoms with E-state index in [9.17, 15) is 9.59 Å². The predicted octanol–water partition coefficient (Wildman–Crippen LogP) is 3.41. The molecule has 0 bridgehead atoms. The molecule has 2 rings (SSSR count). The Hall–Kier alpha value is -3.22. The molecule has 2 atom stereocenters. The zero-order valence-corrected chi connectivity index (χ0v) is 18.9. The molecule has 0 aromatic heterocycles. The summed E-state index contributed by atoms with van der Waals surface area (Å²) in [6.07, 6.45) is 0.811. The number of amides is 2. The van der Waals surface area contributed by atoms with Crippen LogP contribution < -0.4 is 19.5 Å². The van der Waals surface area contributed by atoms with E-state index in [1.165, 1.54) is 4.90 Å². The van der Waals surface area contributed by atoms with Crippen LogP contribution in [0.4, 0.5) is 0 Å². The minimum absolute atomic E-state index is 0.0310. The third-order valence-corrected chi connectivity index (χ3v) is 5.10. The zero-order valence-electron chi connectivity index (χ0n) is 18.9. The van der Waals surface area contributed by atoms with E-state index < -0.39 is 6.04 Å². The normalized spacial score (nSPS) is 12.4. The number of hydrogen-bond donors (Lipinski definition) is 1. The summed E-state index contributed by atoms with van der Waals surface area (Å²) in [5.74, 6) is 1.51. The number of benzene rings is 2. The lowest BCUT2D eigenvalue weighted by Crippen LogP contribution is -2.50.